The summed E-state index contributed by atoms with van der Waals surface area (Å²) in [4.78, 5) is 0. The number of benzene rings is 7. The van der Waals surface area contributed by atoms with Crippen LogP contribution in [0.2, 0.25) is 0 Å². The van der Waals surface area contributed by atoms with Gasteiger partial charge >= 0.3 is 0 Å². The standard InChI is InChI=1S/C51H45N2O/c1-32(2)40-20-15-21-41(33(3)4)48(40)53-46-23-14-13-22-45(46)52(6)51(53)47-34(5)24-29-42-44-31-39(36-18-11-8-12-19-36)30-43(49(44)54-50(42)47)38-27-25-37(26-28-38)35-16-9-7-10-17-35/h7-33H,1-6H3/q+1. The summed E-state index contributed by atoms with van der Waals surface area (Å²) in [6.45, 7) is 11.4. The maximum atomic E-state index is 7.28. The average Bonchev–Trinajstić information content (AvgIpc) is 3.72. The fraction of sp³-hybridized carbons (Fsp3) is 0.157. The van der Waals surface area contributed by atoms with Gasteiger partial charge in [-0.05, 0) is 76.4 Å². The molecule has 0 saturated heterocycles. The smallest absolute Gasteiger partial charge is 0.299 e. The van der Waals surface area contributed by atoms with Crippen LogP contribution >= 0.6 is 0 Å². The number of hydrogen-bond acceptors (Lipinski definition) is 1. The Labute approximate surface area is 317 Å². The first kappa shape index (κ1) is 33.6. The Morgan fingerprint density at radius 1 is 0.519 bits per heavy atom. The number of rotatable bonds is 7. The van der Waals surface area contributed by atoms with E-state index in [9.17, 15) is 0 Å². The number of hydrogen-bond donors (Lipinski definition) is 0. The van der Waals surface area contributed by atoms with Crippen LogP contribution in [0.1, 0.15) is 56.2 Å². The zero-order valence-corrected chi connectivity index (χ0v) is 31.9. The van der Waals surface area contributed by atoms with Crippen molar-refractivity contribution in [3.8, 4) is 50.5 Å². The van der Waals surface area contributed by atoms with Gasteiger partial charge in [-0.25, -0.2) is 4.57 Å². The summed E-state index contributed by atoms with van der Waals surface area (Å²) in [6, 6.07) is 55.0. The van der Waals surface area contributed by atoms with Crippen LogP contribution in [-0.2, 0) is 7.05 Å². The number of furan rings is 1. The summed E-state index contributed by atoms with van der Waals surface area (Å²) < 4.78 is 12.2. The van der Waals surface area contributed by atoms with E-state index in [2.05, 4.69) is 202 Å². The summed E-state index contributed by atoms with van der Waals surface area (Å²) in [6.07, 6.45) is 0. The van der Waals surface area contributed by atoms with Crippen molar-refractivity contribution >= 4 is 33.0 Å². The molecule has 0 atom stereocenters. The zero-order chi connectivity index (χ0) is 37.1. The van der Waals surface area contributed by atoms with Crippen LogP contribution in [0.3, 0.4) is 0 Å². The lowest BCUT2D eigenvalue weighted by molar-refractivity contribution is -0.633. The van der Waals surface area contributed by atoms with E-state index >= 15 is 0 Å². The molecule has 3 heteroatoms. The van der Waals surface area contributed by atoms with Gasteiger partial charge in [0.25, 0.3) is 5.82 Å². The van der Waals surface area contributed by atoms with Crippen LogP contribution in [-0.4, -0.2) is 4.57 Å². The monoisotopic (exact) mass is 701 g/mol. The molecule has 9 aromatic rings. The number of aromatic nitrogens is 2. The normalized spacial score (nSPS) is 11.9. The predicted octanol–water partition coefficient (Wildman–Crippen LogP) is 13.6. The van der Waals surface area contributed by atoms with E-state index in [1.54, 1.807) is 0 Å². The minimum Gasteiger partial charge on any atom is -0.454 e. The zero-order valence-electron chi connectivity index (χ0n) is 31.9. The first-order chi connectivity index (χ1) is 26.3. The molecule has 0 amide bonds. The van der Waals surface area contributed by atoms with Gasteiger partial charge in [0, 0.05) is 27.5 Å². The minimum absolute atomic E-state index is 0.341. The lowest BCUT2D eigenvalue weighted by Gasteiger charge is -2.18. The molecule has 0 spiro atoms. The van der Waals surface area contributed by atoms with Crippen molar-refractivity contribution in [2.24, 2.45) is 7.05 Å². The fourth-order valence-corrected chi connectivity index (χ4v) is 8.39. The predicted molar refractivity (Wildman–Crippen MR) is 226 cm³/mol. The van der Waals surface area contributed by atoms with E-state index < -0.39 is 0 Å². The minimum atomic E-state index is 0.341. The largest absolute Gasteiger partial charge is 0.454 e. The quantitative estimate of drug-likeness (QED) is 0.152. The molecule has 2 heterocycles. The Bertz CT molecular complexity index is 2790. The molecule has 0 fully saturated rings. The molecular weight excluding hydrogens is 657 g/mol. The highest BCUT2D eigenvalue weighted by Gasteiger charge is 2.33. The Morgan fingerprint density at radius 2 is 1.09 bits per heavy atom. The van der Waals surface area contributed by atoms with Crippen molar-refractivity contribution in [1.82, 2.24) is 4.57 Å². The van der Waals surface area contributed by atoms with E-state index in [0.29, 0.717) is 11.8 Å². The van der Waals surface area contributed by atoms with Crippen LogP contribution in [0.25, 0.3) is 83.4 Å². The van der Waals surface area contributed by atoms with Crippen LogP contribution < -0.4 is 4.57 Å². The molecule has 0 bridgehead atoms. The lowest BCUT2D eigenvalue weighted by Crippen LogP contribution is -2.30. The summed E-state index contributed by atoms with van der Waals surface area (Å²) in [5, 5.41) is 2.23. The van der Waals surface area contributed by atoms with Gasteiger partial charge in [0.15, 0.2) is 16.6 Å². The number of aryl methyl sites for hydroxylation is 2. The van der Waals surface area contributed by atoms with Crippen LogP contribution in [0.15, 0.2) is 156 Å². The topological polar surface area (TPSA) is 21.9 Å². The average molecular weight is 702 g/mol. The molecular formula is C51H45N2O+. The van der Waals surface area contributed by atoms with Gasteiger partial charge in [-0.15, -0.1) is 0 Å². The highest BCUT2D eigenvalue weighted by molar-refractivity contribution is 6.14. The van der Waals surface area contributed by atoms with Gasteiger partial charge in [0.1, 0.15) is 16.8 Å². The third kappa shape index (κ3) is 5.46. The Kier molecular flexibility index (Phi) is 8.31. The van der Waals surface area contributed by atoms with Gasteiger partial charge in [0.05, 0.1) is 7.05 Å². The highest BCUT2D eigenvalue weighted by Crippen LogP contribution is 2.45. The number of imidazole rings is 1. The van der Waals surface area contributed by atoms with Crippen molar-refractivity contribution in [3.63, 3.8) is 0 Å². The number of nitrogens with zero attached hydrogens (tertiary/aromatic N) is 2. The van der Waals surface area contributed by atoms with E-state index in [-0.39, 0.29) is 0 Å². The molecule has 9 rings (SSSR count). The molecule has 3 nitrogen and oxygen atoms in total. The second-order valence-electron chi connectivity index (χ2n) is 15.2. The number of fused-ring (bicyclic) bond motifs is 4. The molecule has 0 unspecified atom stereocenters. The van der Waals surface area contributed by atoms with Crippen molar-refractivity contribution in [2.45, 2.75) is 46.5 Å². The summed E-state index contributed by atoms with van der Waals surface area (Å²) >= 11 is 0. The first-order valence-electron chi connectivity index (χ1n) is 19.1. The molecule has 264 valence electrons. The third-order valence-corrected chi connectivity index (χ3v) is 11.2. The molecule has 2 aromatic heterocycles. The van der Waals surface area contributed by atoms with Crippen LogP contribution in [0.4, 0.5) is 0 Å². The second-order valence-corrected chi connectivity index (χ2v) is 15.2. The molecule has 0 N–H and O–H groups in total. The molecule has 0 aliphatic carbocycles. The fourth-order valence-electron chi connectivity index (χ4n) is 8.39. The van der Waals surface area contributed by atoms with Crippen molar-refractivity contribution < 1.29 is 8.98 Å². The SMILES string of the molecule is Cc1ccc2c(oc3c(-c4ccc(-c5ccccc5)cc4)cc(-c4ccccc4)cc32)c1-c1n(-c2c(C(C)C)cccc2C(C)C)c2ccccc2[n+]1C. The van der Waals surface area contributed by atoms with Gasteiger partial charge in [-0.3, -0.25) is 0 Å². The highest BCUT2D eigenvalue weighted by atomic mass is 16.3. The summed E-state index contributed by atoms with van der Waals surface area (Å²) in [5.74, 6) is 1.80. The van der Waals surface area contributed by atoms with Gasteiger partial charge < -0.3 is 4.42 Å². The van der Waals surface area contributed by atoms with E-state index in [1.165, 1.54) is 55.7 Å². The van der Waals surface area contributed by atoms with Gasteiger partial charge in [-0.1, -0.05) is 155 Å². The van der Waals surface area contributed by atoms with Crippen molar-refractivity contribution in [1.29, 1.82) is 0 Å². The molecule has 0 radical (unpaired) electrons. The van der Waals surface area contributed by atoms with Crippen LogP contribution in [0, 0.1) is 6.92 Å². The molecule has 0 aliphatic heterocycles. The summed E-state index contributed by atoms with van der Waals surface area (Å²) in [7, 11) is 2.20. The van der Waals surface area contributed by atoms with E-state index in [4.69, 9.17) is 4.42 Å². The third-order valence-electron chi connectivity index (χ3n) is 11.2. The number of para-hydroxylation sites is 3. The Hall–Kier alpha value is -6.19. The molecule has 0 saturated carbocycles. The Morgan fingerprint density at radius 3 is 1.74 bits per heavy atom. The van der Waals surface area contributed by atoms with E-state index in [0.717, 1.165) is 44.5 Å². The maximum Gasteiger partial charge on any atom is 0.299 e. The van der Waals surface area contributed by atoms with Crippen molar-refractivity contribution in [2.75, 3.05) is 0 Å². The molecule has 0 aliphatic rings. The summed E-state index contributed by atoms with van der Waals surface area (Å²) in [5.41, 5.74) is 17.4. The van der Waals surface area contributed by atoms with Crippen LogP contribution in [0.5, 0.6) is 0 Å². The molecule has 7 aromatic carbocycles. The second kappa shape index (κ2) is 13.3. The van der Waals surface area contributed by atoms with E-state index in [1.807, 2.05) is 0 Å². The van der Waals surface area contributed by atoms with Gasteiger partial charge in [-0.2, -0.15) is 4.57 Å². The molecule has 54 heavy (non-hydrogen) atoms. The van der Waals surface area contributed by atoms with Gasteiger partial charge in [0.2, 0.25) is 0 Å². The maximum absolute atomic E-state index is 7.28. The lowest BCUT2D eigenvalue weighted by atomic mass is 9.92. The Balaban J connectivity index is 1.37. The van der Waals surface area contributed by atoms with Crippen molar-refractivity contribution in [3.05, 3.63) is 168 Å². The first-order valence-corrected chi connectivity index (χ1v) is 19.1.